The molecule has 0 aliphatic rings. The zero-order valence-corrected chi connectivity index (χ0v) is 34.0. The molecule has 0 fully saturated rings. The first-order chi connectivity index (χ1) is 24.4. The highest BCUT2D eigenvalue weighted by Crippen LogP contribution is 2.32. The highest BCUT2D eigenvalue weighted by Gasteiger charge is 2.24. The summed E-state index contributed by atoms with van der Waals surface area (Å²) < 4.78 is 20.6. The number of unbranched alkanes of at least 4 members (excludes halogenated alkanes) is 1. The standard InChI is InChI=1S/C40H73N3O9/c1-11-14-17-33(12-2)28-42-37(47)41-26-30(4)24-39(7,8)21-16-19-36(46)51-29-32(6)52-38(48)43-27-31(5)25-40(9,10)20-15-18-35(45)50-23-22-49-34(44)13-3/h13,30-33H,3,11-12,14-29H2,1-2,4-10H3,(H,43,48)(H2,41,42,47). The van der Waals surface area contributed by atoms with E-state index in [9.17, 15) is 24.0 Å². The van der Waals surface area contributed by atoms with E-state index < -0.39 is 18.2 Å². The highest BCUT2D eigenvalue weighted by atomic mass is 16.6. The lowest BCUT2D eigenvalue weighted by Gasteiger charge is -2.28. The Kier molecular flexibility index (Phi) is 25.6. The normalized spacial score (nSPS) is 13.9. The van der Waals surface area contributed by atoms with Gasteiger partial charge in [-0.05, 0) is 80.5 Å². The molecule has 0 saturated heterocycles. The van der Waals surface area contributed by atoms with Crippen molar-refractivity contribution in [2.75, 3.05) is 39.5 Å². The third-order valence-corrected chi connectivity index (χ3v) is 9.12. The quantitative estimate of drug-likeness (QED) is 0.0300. The van der Waals surface area contributed by atoms with Gasteiger partial charge < -0.3 is 34.9 Å². The Morgan fingerprint density at radius 1 is 0.712 bits per heavy atom. The minimum absolute atomic E-state index is 0.000240. The average molecular weight is 740 g/mol. The van der Waals surface area contributed by atoms with Crippen molar-refractivity contribution in [3.05, 3.63) is 12.7 Å². The Bertz CT molecular complexity index is 1060. The van der Waals surface area contributed by atoms with Crippen molar-refractivity contribution < 1.29 is 42.9 Å². The number of esters is 3. The molecule has 0 rings (SSSR count). The summed E-state index contributed by atoms with van der Waals surface area (Å²) in [5, 5.41) is 8.82. The fraction of sp³-hybridized carbons (Fsp3) is 0.825. The first kappa shape index (κ1) is 48.7. The van der Waals surface area contributed by atoms with Crippen LogP contribution in [0, 0.1) is 28.6 Å². The third-order valence-electron chi connectivity index (χ3n) is 9.12. The molecule has 0 heterocycles. The summed E-state index contributed by atoms with van der Waals surface area (Å²) in [5.74, 6) is -0.219. The minimum atomic E-state index is -0.587. The molecule has 0 aromatic rings. The van der Waals surface area contributed by atoms with Gasteiger partial charge in [0.05, 0.1) is 0 Å². The molecule has 0 radical (unpaired) electrons. The average Bonchev–Trinajstić information content (AvgIpc) is 3.06. The van der Waals surface area contributed by atoms with Crippen molar-refractivity contribution in [1.29, 1.82) is 0 Å². The Hall–Kier alpha value is -3.31. The van der Waals surface area contributed by atoms with Gasteiger partial charge in [0.1, 0.15) is 25.9 Å². The van der Waals surface area contributed by atoms with E-state index in [1.807, 2.05) is 6.92 Å². The fourth-order valence-corrected chi connectivity index (χ4v) is 6.39. The van der Waals surface area contributed by atoms with Crippen molar-refractivity contribution >= 4 is 30.0 Å². The van der Waals surface area contributed by atoms with Crippen LogP contribution in [0.4, 0.5) is 9.59 Å². The smallest absolute Gasteiger partial charge is 0.407 e. The van der Waals surface area contributed by atoms with E-state index in [4.69, 9.17) is 18.9 Å². The number of carbonyl (C=O) groups is 5. The van der Waals surface area contributed by atoms with Gasteiger partial charge >= 0.3 is 30.0 Å². The second-order valence-corrected chi connectivity index (χ2v) is 16.0. The van der Waals surface area contributed by atoms with Gasteiger partial charge in [-0.2, -0.15) is 0 Å². The SMILES string of the molecule is C=CC(=O)OCCOC(=O)CCCC(C)(C)CC(C)CNC(=O)OC(C)COC(=O)CCCC(C)(C)CC(C)CNC(=O)NCC(CC)CCCC. The van der Waals surface area contributed by atoms with Crippen LogP contribution in [0.3, 0.4) is 0 Å². The van der Waals surface area contributed by atoms with Crippen LogP contribution in [0.15, 0.2) is 12.7 Å². The Morgan fingerprint density at radius 2 is 1.23 bits per heavy atom. The topological polar surface area (TPSA) is 158 Å². The number of nitrogens with one attached hydrogen (secondary N) is 3. The summed E-state index contributed by atoms with van der Waals surface area (Å²) in [6, 6.07) is -0.109. The van der Waals surface area contributed by atoms with Crippen LogP contribution >= 0.6 is 0 Å². The number of alkyl carbamates (subject to hydrolysis) is 1. The molecule has 3 amide bonds. The van der Waals surface area contributed by atoms with Gasteiger partial charge in [0.2, 0.25) is 0 Å². The van der Waals surface area contributed by atoms with Gasteiger partial charge in [0, 0.05) is 38.6 Å². The zero-order valence-electron chi connectivity index (χ0n) is 34.0. The molecular weight excluding hydrogens is 666 g/mol. The molecule has 302 valence electrons. The predicted molar refractivity (Wildman–Crippen MR) is 205 cm³/mol. The monoisotopic (exact) mass is 740 g/mol. The second kappa shape index (κ2) is 27.3. The molecule has 0 aromatic carbocycles. The molecule has 12 nitrogen and oxygen atoms in total. The molecule has 4 unspecified atom stereocenters. The molecule has 52 heavy (non-hydrogen) atoms. The molecular formula is C40H73N3O9. The van der Waals surface area contributed by atoms with Gasteiger partial charge in [-0.1, -0.05) is 81.2 Å². The van der Waals surface area contributed by atoms with Crippen molar-refractivity contribution in [2.45, 2.75) is 145 Å². The van der Waals surface area contributed by atoms with Crippen LogP contribution in [-0.2, 0) is 33.3 Å². The molecule has 0 bridgehead atoms. The van der Waals surface area contributed by atoms with E-state index >= 15 is 0 Å². The van der Waals surface area contributed by atoms with Crippen molar-refractivity contribution in [3.63, 3.8) is 0 Å². The summed E-state index contributed by atoms with van der Waals surface area (Å²) >= 11 is 0. The summed E-state index contributed by atoms with van der Waals surface area (Å²) in [7, 11) is 0. The van der Waals surface area contributed by atoms with Crippen LogP contribution in [0.2, 0.25) is 0 Å². The number of rotatable bonds is 29. The zero-order chi connectivity index (χ0) is 39.6. The Balaban J connectivity index is 4.19. The van der Waals surface area contributed by atoms with Gasteiger partial charge in [-0.25, -0.2) is 14.4 Å². The van der Waals surface area contributed by atoms with E-state index in [1.165, 1.54) is 12.8 Å². The molecule has 4 atom stereocenters. The Labute approximate surface area is 314 Å². The number of hydrogen-bond donors (Lipinski definition) is 3. The molecule has 0 spiro atoms. The van der Waals surface area contributed by atoms with E-state index in [2.05, 4.69) is 71.0 Å². The lowest BCUT2D eigenvalue weighted by atomic mass is 9.79. The van der Waals surface area contributed by atoms with Gasteiger partial charge in [0.25, 0.3) is 0 Å². The number of urea groups is 1. The maximum absolute atomic E-state index is 12.4. The molecule has 0 aliphatic heterocycles. The first-order valence-corrected chi connectivity index (χ1v) is 19.5. The lowest BCUT2D eigenvalue weighted by Crippen LogP contribution is -2.40. The maximum Gasteiger partial charge on any atom is 0.407 e. The molecule has 0 aliphatic carbocycles. The van der Waals surface area contributed by atoms with Gasteiger partial charge in [-0.15, -0.1) is 0 Å². The van der Waals surface area contributed by atoms with E-state index in [0.717, 1.165) is 44.6 Å². The number of hydrogen-bond acceptors (Lipinski definition) is 9. The summed E-state index contributed by atoms with van der Waals surface area (Å²) in [6.07, 6.45) is 9.78. The minimum Gasteiger partial charge on any atom is -0.462 e. The summed E-state index contributed by atoms with van der Waals surface area (Å²) in [5.41, 5.74) is -0.0492. The van der Waals surface area contributed by atoms with E-state index in [-0.39, 0.29) is 67.4 Å². The largest absolute Gasteiger partial charge is 0.462 e. The Morgan fingerprint density at radius 3 is 1.77 bits per heavy atom. The van der Waals surface area contributed by atoms with Crippen LogP contribution in [0.25, 0.3) is 0 Å². The van der Waals surface area contributed by atoms with Crippen molar-refractivity contribution in [3.8, 4) is 0 Å². The highest BCUT2D eigenvalue weighted by molar-refractivity contribution is 5.81. The lowest BCUT2D eigenvalue weighted by molar-refractivity contribution is -0.149. The third kappa shape index (κ3) is 27.4. The van der Waals surface area contributed by atoms with Crippen molar-refractivity contribution in [2.24, 2.45) is 28.6 Å². The van der Waals surface area contributed by atoms with Crippen LogP contribution in [-0.4, -0.2) is 75.6 Å². The first-order valence-electron chi connectivity index (χ1n) is 19.5. The van der Waals surface area contributed by atoms with Crippen LogP contribution in [0.1, 0.15) is 139 Å². The summed E-state index contributed by atoms with van der Waals surface area (Å²) in [6.45, 7) is 23.9. The molecule has 0 saturated carbocycles. The fourth-order valence-electron chi connectivity index (χ4n) is 6.39. The predicted octanol–water partition coefficient (Wildman–Crippen LogP) is 7.88. The molecule has 0 aromatic heterocycles. The molecule has 12 heteroatoms. The van der Waals surface area contributed by atoms with E-state index in [0.29, 0.717) is 44.3 Å². The number of ether oxygens (including phenoxy) is 4. The van der Waals surface area contributed by atoms with Gasteiger partial charge in [0.15, 0.2) is 0 Å². The van der Waals surface area contributed by atoms with Crippen LogP contribution in [0.5, 0.6) is 0 Å². The van der Waals surface area contributed by atoms with Crippen molar-refractivity contribution in [1.82, 2.24) is 16.0 Å². The van der Waals surface area contributed by atoms with Gasteiger partial charge in [-0.3, -0.25) is 9.59 Å². The number of carbonyl (C=O) groups excluding carboxylic acids is 5. The number of amides is 3. The maximum atomic E-state index is 12.4. The summed E-state index contributed by atoms with van der Waals surface area (Å²) in [4.78, 5) is 60.0. The van der Waals surface area contributed by atoms with E-state index in [1.54, 1.807) is 6.92 Å². The molecule has 3 N–H and O–H groups in total. The van der Waals surface area contributed by atoms with Crippen LogP contribution < -0.4 is 16.0 Å². The second-order valence-electron chi connectivity index (χ2n) is 16.0.